The van der Waals surface area contributed by atoms with E-state index in [4.69, 9.17) is 11.6 Å². The van der Waals surface area contributed by atoms with E-state index in [2.05, 4.69) is 9.72 Å². The first-order valence-corrected chi connectivity index (χ1v) is 6.78. The van der Waals surface area contributed by atoms with Gasteiger partial charge in [-0.1, -0.05) is 41.9 Å². The van der Waals surface area contributed by atoms with Crippen molar-refractivity contribution in [2.45, 2.75) is 17.3 Å². The monoisotopic (exact) mass is 301 g/mol. The summed E-state index contributed by atoms with van der Waals surface area (Å²) in [5.74, 6) is 0.531. The van der Waals surface area contributed by atoms with Crippen LogP contribution in [0.1, 0.15) is 5.56 Å². The van der Waals surface area contributed by atoms with Gasteiger partial charge < -0.3 is 4.74 Å². The highest BCUT2D eigenvalue weighted by Gasteiger charge is 2.12. The van der Waals surface area contributed by atoms with E-state index in [-0.39, 0.29) is 5.88 Å². The molecule has 2 nitrogen and oxygen atoms in total. The molecule has 0 saturated heterocycles. The molecule has 2 rings (SSSR count). The van der Waals surface area contributed by atoms with Gasteiger partial charge in [-0.2, -0.15) is 8.78 Å². The molecule has 0 atom stereocenters. The number of rotatable bonds is 5. The second kappa shape index (κ2) is 6.73. The summed E-state index contributed by atoms with van der Waals surface area (Å²) in [4.78, 5) is 4.27. The number of benzene rings is 1. The summed E-state index contributed by atoms with van der Waals surface area (Å²) in [6, 6.07) is 11.2. The van der Waals surface area contributed by atoms with Crippen molar-refractivity contribution in [2.75, 3.05) is 0 Å². The third-order valence-electron chi connectivity index (χ3n) is 2.22. The molecule has 1 heterocycles. The average Bonchev–Trinajstić information content (AvgIpc) is 2.40. The Hall–Kier alpha value is -1.33. The lowest BCUT2D eigenvalue weighted by Crippen LogP contribution is -2.04. The Labute approximate surface area is 118 Å². The van der Waals surface area contributed by atoms with Crippen molar-refractivity contribution in [3.8, 4) is 5.88 Å². The third-order valence-corrected chi connectivity index (χ3v) is 3.51. The second-order valence-corrected chi connectivity index (χ2v) is 5.06. The van der Waals surface area contributed by atoms with Crippen LogP contribution in [0, 0.1) is 0 Å². The fraction of sp³-hybridized carbons (Fsp3) is 0.154. The van der Waals surface area contributed by atoms with Gasteiger partial charge in [0.15, 0.2) is 0 Å². The first kappa shape index (κ1) is 14.1. The van der Waals surface area contributed by atoms with Gasteiger partial charge in [0, 0.05) is 11.9 Å². The highest BCUT2D eigenvalue weighted by atomic mass is 35.5. The third kappa shape index (κ3) is 4.36. The van der Waals surface area contributed by atoms with Crippen LogP contribution in [0.4, 0.5) is 8.78 Å². The Bertz CT molecular complexity index is 539. The highest BCUT2D eigenvalue weighted by molar-refractivity contribution is 7.98. The van der Waals surface area contributed by atoms with Crippen molar-refractivity contribution in [1.82, 2.24) is 4.98 Å². The maximum Gasteiger partial charge on any atom is 0.388 e. The van der Waals surface area contributed by atoms with Gasteiger partial charge in [0.1, 0.15) is 0 Å². The van der Waals surface area contributed by atoms with Gasteiger partial charge >= 0.3 is 6.61 Å². The number of aromatic nitrogens is 1. The summed E-state index contributed by atoms with van der Waals surface area (Å²) >= 11 is 7.17. The molecule has 0 bridgehead atoms. The van der Waals surface area contributed by atoms with Crippen LogP contribution in [0.3, 0.4) is 0 Å². The van der Waals surface area contributed by atoms with Crippen molar-refractivity contribution < 1.29 is 13.5 Å². The fourth-order valence-electron chi connectivity index (χ4n) is 1.42. The molecule has 0 unspecified atom stereocenters. The molecule has 0 radical (unpaired) electrons. The van der Waals surface area contributed by atoms with Crippen LogP contribution in [0.2, 0.25) is 5.02 Å². The minimum absolute atomic E-state index is 0.0969. The van der Waals surface area contributed by atoms with Crippen molar-refractivity contribution in [1.29, 1.82) is 0 Å². The van der Waals surface area contributed by atoms with Crippen molar-refractivity contribution in [3.05, 3.63) is 53.2 Å². The number of halogens is 3. The molecule has 19 heavy (non-hydrogen) atoms. The number of nitrogens with zero attached hydrogens (tertiary/aromatic N) is 1. The molecule has 0 aliphatic carbocycles. The number of pyridine rings is 1. The van der Waals surface area contributed by atoms with Crippen LogP contribution in [0.25, 0.3) is 0 Å². The Balaban J connectivity index is 2.12. The first-order valence-electron chi connectivity index (χ1n) is 5.42. The minimum Gasteiger partial charge on any atom is -0.416 e. The SMILES string of the molecule is FC(F)Oc1ncc(Cl)cc1SCc1ccccc1. The molecule has 1 aromatic heterocycles. The zero-order valence-electron chi connectivity index (χ0n) is 9.72. The van der Waals surface area contributed by atoms with Gasteiger partial charge in [0.2, 0.25) is 5.88 Å². The largest absolute Gasteiger partial charge is 0.416 e. The van der Waals surface area contributed by atoms with E-state index in [1.165, 1.54) is 18.0 Å². The lowest BCUT2D eigenvalue weighted by molar-refractivity contribution is -0.0548. The highest BCUT2D eigenvalue weighted by Crippen LogP contribution is 2.32. The summed E-state index contributed by atoms with van der Waals surface area (Å²) in [5, 5.41) is 0.386. The predicted octanol–water partition coefficient (Wildman–Crippen LogP) is 4.63. The van der Waals surface area contributed by atoms with Crippen molar-refractivity contribution in [2.24, 2.45) is 0 Å². The Kier molecular flexibility index (Phi) is 4.99. The van der Waals surface area contributed by atoms with Gasteiger partial charge in [-0.05, 0) is 11.6 Å². The number of thioether (sulfide) groups is 1. The standard InChI is InChI=1S/C13H10ClF2NOS/c14-10-6-11(12(17-7-10)18-13(15)16)19-8-9-4-2-1-3-5-9/h1-7,13H,8H2. The quantitative estimate of drug-likeness (QED) is 0.752. The maximum atomic E-state index is 12.3. The molecule has 1 aromatic carbocycles. The van der Waals surface area contributed by atoms with Gasteiger partial charge in [-0.15, -0.1) is 11.8 Å². The lowest BCUT2D eigenvalue weighted by Gasteiger charge is -2.09. The molecular weight excluding hydrogens is 292 g/mol. The number of alkyl halides is 2. The van der Waals surface area contributed by atoms with Crippen LogP contribution in [-0.2, 0) is 5.75 Å². The van der Waals surface area contributed by atoms with Crippen molar-refractivity contribution in [3.63, 3.8) is 0 Å². The fourth-order valence-corrected chi connectivity index (χ4v) is 2.59. The van der Waals surface area contributed by atoms with Crippen molar-refractivity contribution >= 4 is 23.4 Å². The lowest BCUT2D eigenvalue weighted by atomic mass is 10.2. The summed E-state index contributed by atoms with van der Waals surface area (Å²) < 4.78 is 28.9. The van der Waals surface area contributed by atoms with Gasteiger partial charge in [-0.25, -0.2) is 4.98 Å². The molecule has 100 valence electrons. The zero-order chi connectivity index (χ0) is 13.7. The maximum absolute atomic E-state index is 12.3. The topological polar surface area (TPSA) is 22.1 Å². The normalized spacial score (nSPS) is 10.7. The molecule has 2 aromatic rings. The minimum atomic E-state index is -2.90. The Morgan fingerprint density at radius 3 is 2.68 bits per heavy atom. The number of hydrogen-bond donors (Lipinski definition) is 0. The molecule has 0 aliphatic rings. The van der Waals surface area contributed by atoms with E-state index < -0.39 is 6.61 Å². The molecular formula is C13H10ClF2NOS. The van der Waals surface area contributed by atoms with Crippen LogP contribution >= 0.6 is 23.4 Å². The summed E-state index contributed by atoms with van der Waals surface area (Å²) in [7, 11) is 0. The van der Waals surface area contributed by atoms with E-state index in [1.54, 1.807) is 6.07 Å². The smallest absolute Gasteiger partial charge is 0.388 e. The molecule has 0 fully saturated rings. The van der Waals surface area contributed by atoms with Crippen LogP contribution in [-0.4, -0.2) is 11.6 Å². The van der Waals surface area contributed by atoms with E-state index in [0.717, 1.165) is 5.56 Å². The molecule has 0 amide bonds. The molecule has 0 spiro atoms. The van der Waals surface area contributed by atoms with E-state index in [0.29, 0.717) is 15.7 Å². The van der Waals surface area contributed by atoms with Crippen LogP contribution in [0.5, 0.6) is 5.88 Å². The summed E-state index contributed by atoms with van der Waals surface area (Å²) in [6.07, 6.45) is 1.28. The Morgan fingerprint density at radius 1 is 1.26 bits per heavy atom. The Morgan fingerprint density at radius 2 is 2.00 bits per heavy atom. The van der Waals surface area contributed by atoms with E-state index in [1.807, 2.05) is 30.3 Å². The molecule has 0 aliphatic heterocycles. The predicted molar refractivity (Wildman–Crippen MR) is 71.9 cm³/mol. The summed E-state index contributed by atoms with van der Waals surface area (Å²) in [5.41, 5.74) is 1.08. The summed E-state index contributed by atoms with van der Waals surface area (Å²) in [6.45, 7) is -2.90. The van der Waals surface area contributed by atoms with E-state index in [9.17, 15) is 8.78 Å². The van der Waals surface area contributed by atoms with Crippen LogP contribution in [0.15, 0.2) is 47.5 Å². The number of hydrogen-bond acceptors (Lipinski definition) is 3. The van der Waals surface area contributed by atoms with Gasteiger partial charge in [0.25, 0.3) is 0 Å². The second-order valence-electron chi connectivity index (χ2n) is 3.61. The van der Waals surface area contributed by atoms with Gasteiger partial charge in [0.05, 0.1) is 9.92 Å². The first-order chi connectivity index (χ1) is 9.15. The van der Waals surface area contributed by atoms with Crippen LogP contribution < -0.4 is 4.74 Å². The van der Waals surface area contributed by atoms with Gasteiger partial charge in [-0.3, -0.25) is 0 Å². The zero-order valence-corrected chi connectivity index (χ0v) is 11.3. The molecule has 6 heteroatoms. The number of ether oxygens (including phenoxy) is 1. The molecule has 0 N–H and O–H groups in total. The van der Waals surface area contributed by atoms with E-state index >= 15 is 0 Å². The molecule has 0 saturated carbocycles. The average molecular weight is 302 g/mol.